The van der Waals surface area contributed by atoms with Gasteiger partial charge in [-0.3, -0.25) is 19.5 Å². The van der Waals surface area contributed by atoms with Gasteiger partial charge in [-0.2, -0.15) is 0 Å². The first-order chi connectivity index (χ1) is 17.4. The number of rotatable bonds is 7. The van der Waals surface area contributed by atoms with Crippen LogP contribution in [-0.4, -0.2) is 38.9 Å². The Morgan fingerprint density at radius 3 is 2.50 bits per heavy atom. The second-order valence-electron chi connectivity index (χ2n) is 8.81. The number of benzene rings is 3. The van der Waals surface area contributed by atoms with Crippen LogP contribution < -0.4 is 5.32 Å². The Kier molecular flexibility index (Phi) is 6.57. The first-order valence-electron chi connectivity index (χ1n) is 11.7. The minimum Gasteiger partial charge on any atom is -0.326 e. The highest BCUT2D eigenvalue weighted by molar-refractivity contribution is 6.30. The van der Waals surface area contributed by atoms with Crippen LogP contribution in [0.3, 0.4) is 0 Å². The van der Waals surface area contributed by atoms with Gasteiger partial charge in [-0.1, -0.05) is 60.1 Å². The number of nitrogens with zero attached hydrogens (tertiary/aromatic N) is 3. The van der Waals surface area contributed by atoms with E-state index in [1.807, 2.05) is 55.5 Å². The molecule has 36 heavy (non-hydrogen) atoms. The zero-order valence-electron chi connectivity index (χ0n) is 19.6. The quantitative estimate of drug-likeness (QED) is 0.343. The summed E-state index contributed by atoms with van der Waals surface area (Å²) in [6.07, 6.45) is 3.49. The molecule has 1 N–H and O–H groups in total. The molecule has 0 aliphatic heterocycles. The fourth-order valence-electron chi connectivity index (χ4n) is 4.09. The monoisotopic (exact) mass is 502 g/mol. The topological polar surface area (TPSA) is 67.2 Å². The van der Waals surface area contributed by atoms with Gasteiger partial charge in [-0.05, 0) is 49.6 Å². The maximum Gasteiger partial charge on any atom is 0.254 e. The highest BCUT2D eigenvalue weighted by atomic mass is 35.5. The van der Waals surface area contributed by atoms with E-state index in [0.29, 0.717) is 16.9 Å². The van der Waals surface area contributed by atoms with Gasteiger partial charge >= 0.3 is 0 Å². The van der Waals surface area contributed by atoms with E-state index in [2.05, 4.69) is 10.3 Å². The van der Waals surface area contributed by atoms with Gasteiger partial charge in [0.15, 0.2) is 0 Å². The Balaban J connectivity index is 1.43. The van der Waals surface area contributed by atoms with Crippen LogP contribution in [0.4, 0.5) is 10.3 Å². The molecule has 0 bridgehead atoms. The molecule has 1 heterocycles. The van der Waals surface area contributed by atoms with Crippen LogP contribution >= 0.6 is 11.6 Å². The lowest BCUT2D eigenvalue weighted by Crippen LogP contribution is -2.40. The predicted octanol–water partition coefficient (Wildman–Crippen LogP) is 5.88. The molecule has 1 saturated carbocycles. The highest BCUT2D eigenvalue weighted by Crippen LogP contribution is 2.30. The minimum atomic E-state index is -0.538. The zero-order chi connectivity index (χ0) is 25.2. The SMILES string of the molecule is Cc1ccccc1C(=O)N(CC(=O)Nc1nc(-c2ccccc2)cn1-c1ccc(F)c(Cl)c1)C1CC1. The molecule has 5 rings (SSSR count). The largest absolute Gasteiger partial charge is 0.326 e. The van der Waals surface area contributed by atoms with Gasteiger partial charge in [0.2, 0.25) is 11.9 Å². The minimum absolute atomic E-state index is 0.0385. The zero-order valence-corrected chi connectivity index (χ0v) is 20.4. The molecular formula is C28H24ClFN4O2. The van der Waals surface area contributed by atoms with Crippen molar-refractivity contribution in [3.05, 3.63) is 101 Å². The first-order valence-corrected chi connectivity index (χ1v) is 12.0. The molecule has 0 spiro atoms. The van der Waals surface area contributed by atoms with Crippen LogP contribution in [0, 0.1) is 12.7 Å². The van der Waals surface area contributed by atoms with Crippen LogP contribution in [0.2, 0.25) is 5.02 Å². The van der Waals surface area contributed by atoms with Gasteiger partial charge in [0.1, 0.15) is 12.4 Å². The Hall–Kier alpha value is -3.97. The average molecular weight is 503 g/mol. The smallest absolute Gasteiger partial charge is 0.254 e. The summed E-state index contributed by atoms with van der Waals surface area (Å²) in [6, 6.07) is 21.2. The normalized spacial score (nSPS) is 12.9. The molecule has 3 aromatic carbocycles. The van der Waals surface area contributed by atoms with Crippen LogP contribution in [0.25, 0.3) is 16.9 Å². The summed E-state index contributed by atoms with van der Waals surface area (Å²) in [6.45, 7) is 1.78. The van der Waals surface area contributed by atoms with E-state index < -0.39 is 5.82 Å². The lowest BCUT2D eigenvalue weighted by Gasteiger charge is -2.22. The number of aromatic nitrogens is 2. The van der Waals surface area contributed by atoms with Crippen molar-refractivity contribution in [2.45, 2.75) is 25.8 Å². The van der Waals surface area contributed by atoms with E-state index in [4.69, 9.17) is 11.6 Å². The molecule has 6 nitrogen and oxygen atoms in total. The number of hydrogen-bond donors (Lipinski definition) is 1. The second kappa shape index (κ2) is 9.95. The van der Waals surface area contributed by atoms with Crippen LogP contribution in [0.5, 0.6) is 0 Å². The van der Waals surface area contributed by atoms with Gasteiger partial charge in [-0.25, -0.2) is 9.37 Å². The van der Waals surface area contributed by atoms with Gasteiger partial charge in [0.25, 0.3) is 5.91 Å². The number of hydrogen-bond acceptors (Lipinski definition) is 3. The van der Waals surface area contributed by atoms with E-state index in [1.54, 1.807) is 27.8 Å². The highest BCUT2D eigenvalue weighted by Gasteiger charge is 2.35. The predicted molar refractivity (Wildman–Crippen MR) is 138 cm³/mol. The van der Waals surface area contributed by atoms with Gasteiger partial charge in [0.05, 0.1) is 16.4 Å². The molecule has 1 aromatic heterocycles. The van der Waals surface area contributed by atoms with Crippen molar-refractivity contribution in [1.82, 2.24) is 14.5 Å². The molecule has 2 amide bonds. The number of amides is 2. The third-order valence-electron chi connectivity index (χ3n) is 6.15. The number of aryl methyl sites for hydroxylation is 1. The molecule has 0 radical (unpaired) electrons. The van der Waals surface area contributed by atoms with Crippen molar-refractivity contribution in [3.8, 4) is 16.9 Å². The first kappa shape index (κ1) is 23.8. The molecule has 0 unspecified atom stereocenters. The van der Waals surface area contributed by atoms with Crippen molar-refractivity contribution in [3.63, 3.8) is 0 Å². The van der Waals surface area contributed by atoms with Gasteiger partial charge < -0.3 is 4.90 Å². The molecule has 1 aliphatic carbocycles. The average Bonchev–Trinajstić information content (AvgIpc) is 3.64. The Morgan fingerprint density at radius 1 is 1.08 bits per heavy atom. The number of carbonyl (C=O) groups excluding carboxylic acids is 2. The van der Waals surface area contributed by atoms with Gasteiger partial charge in [0, 0.05) is 23.4 Å². The molecule has 4 aromatic rings. The molecule has 0 atom stereocenters. The van der Waals surface area contributed by atoms with E-state index in [-0.39, 0.29) is 35.4 Å². The maximum absolute atomic E-state index is 13.8. The summed E-state index contributed by atoms with van der Waals surface area (Å²) in [5.74, 6) is -0.822. The maximum atomic E-state index is 13.8. The van der Waals surface area contributed by atoms with E-state index in [0.717, 1.165) is 24.0 Å². The molecule has 182 valence electrons. The number of anilines is 1. The Bertz CT molecular complexity index is 1430. The van der Waals surface area contributed by atoms with Crippen molar-refractivity contribution in [2.75, 3.05) is 11.9 Å². The van der Waals surface area contributed by atoms with Crippen LogP contribution in [-0.2, 0) is 4.79 Å². The van der Waals surface area contributed by atoms with Crippen molar-refractivity contribution in [1.29, 1.82) is 0 Å². The fraction of sp³-hybridized carbons (Fsp3) is 0.179. The standard InChI is InChI=1S/C28H24ClFN4O2/c1-18-7-5-6-10-22(18)27(36)33(20-11-12-20)17-26(35)32-28-31-25(19-8-3-2-4-9-19)16-34(28)21-13-14-24(30)23(29)15-21/h2-10,13-16,20H,11-12,17H2,1H3,(H,31,32,35). The lowest BCUT2D eigenvalue weighted by molar-refractivity contribution is -0.117. The third kappa shape index (κ3) is 5.02. The second-order valence-corrected chi connectivity index (χ2v) is 9.22. The molecular weight excluding hydrogens is 479 g/mol. The van der Waals surface area contributed by atoms with E-state index >= 15 is 0 Å². The summed E-state index contributed by atoms with van der Waals surface area (Å²) in [5.41, 5.74) is 3.48. The summed E-state index contributed by atoms with van der Waals surface area (Å²) in [5, 5.41) is 2.81. The number of imidazole rings is 1. The number of nitrogens with one attached hydrogen (secondary N) is 1. The van der Waals surface area contributed by atoms with Crippen molar-refractivity contribution in [2.24, 2.45) is 0 Å². The molecule has 1 aliphatic rings. The van der Waals surface area contributed by atoms with E-state index in [9.17, 15) is 14.0 Å². The number of carbonyl (C=O) groups is 2. The summed E-state index contributed by atoms with van der Waals surface area (Å²) < 4.78 is 15.4. The summed E-state index contributed by atoms with van der Waals surface area (Å²) in [4.78, 5) is 32.7. The van der Waals surface area contributed by atoms with Crippen molar-refractivity contribution < 1.29 is 14.0 Å². The molecule has 1 fully saturated rings. The fourth-order valence-corrected chi connectivity index (χ4v) is 4.26. The summed E-state index contributed by atoms with van der Waals surface area (Å²) >= 11 is 6.02. The lowest BCUT2D eigenvalue weighted by atomic mass is 10.1. The number of halogens is 2. The van der Waals surface area contributed by atoms with Crippen LogP contribution in [0.15, 0.2) is 79.0 Å². The van der Waals surface area contributed by atoms with E-state index in [1.165, 1.54) is 12.1 Å². The van der Waals surface area contributed by atoms with Crippen molar-refractivity contribution >= 4 is 29.4 Å². The Labute approximate surface area is 213 Å². The van der Waals surface area contributed by atoms with Crippen LogP contribution in [0.1, 0.15) is 28.8 Å². The molecule has 8 heteroatoms. The summed E-state index contributed by atoms with van der Waals surface area (Å²) in [7, 11) is 0. The third-order valence-corrected chi connectivity index (χ3v) is 6.44. The molecule has 0 saturated heterocycles. The Morgan fingerprint density at radius 2 is 1.81 bits per heavy atom. The van der Waals surface area contributed by atoms with Gasteiger partial charge in [-0.15, -0.1) is 0 Å².